The summed E-state index contributed by atoms with van der Waals surface area (Å²) in [6.07, 6.45) is 2.47. The predicted molar refractivity (Wildman–Crippen MR) is 64.0 cm³/mol. The number of alkyl halides is 1. The SMILES string of the molecule is CCC(CBr)CN1CCOCC1CC. The van der Waals surface area contributed by atoms with Gasteiger partial charge in [-0.15, -0.1) is 0 Å². The van der Waals surface area contributed by atoms with Crippen molar-refractivity contribution in [3.63, 3.8) is 0 Å². The van der Waals surface area contributed by atoms with Gasteiger partial charge in [0.2, 0.25) is 0 Å². The second-order valence-electron chi connectivity index (χ2n) is 4.06. The Morgan fingerprint density at radius 2 is 2.29 bits per heavy atom. The van der Waals surface area contributed by atoms with Gasteiger partial charge in [-0.3, -0.25) is 4.90 Å². The Balaban J connectivity index is 2.39. The molecular formula is C11H22BrNO. The van der Waals surface area contributed by atoms with E-state index in [1.165, 1.54) is 19.4 Å². The van der Waals surface area contributed by atoms with Crippen molar-refractivity contribution in [1.82, 2.24) is 4.90 Å². The van der Waals surface area contributed by atoms with Crippen LogP contribution in [0, 0.1) is 5.92 Å². The number of nitrogens with zero attached hydrogens (tertiary/aromatic N) is 1. The maximum Gasteiger partial charge on any atom is 0.0622 e. The third-order valence-corrected chi connectivity index (χ3v) is 4.02. The van der Waals surface area contributed by atoms with Crippen LogP contribution < -0.4 is 0 Å². The fourth-order valence-electron chi connectivity index (χ4n) is 1.92. The normalized spacial score (nSPS) is 26.4. The van der Waals surface area contributed by atoms with E-state index >= 15 is 0 Å². The summed E-state index contributed by atoms with van der Waals surface area (Å²) in [5.74, 6) is 0.794. The molecule has 0 aromatic rings. The zero-order valence-corrected chi connectivity index (χ0v) is 10.9. The van der Waals surface area contributed by atoms with Crippen LogP contribution in [0.4, 0.5) is 0 Å². The molecule has 0 bridgehead atoms. The van der Waals surface area contributed by atoms with Crippen LogP contribution in [0.2, 0.25) is 0 Å². The van der Waals surface area contributed by atoms with Crippen LogP contribution in [0.1, 0.15) is 26.7 Å². The van der Waals surface area contributed by atoms with Crippen LogP contribution in [0.3, 0.4) is 0 Å². The van der Waals surface area contributed by atoms with E-state index in [-0.39, 0.29) is 0 Å². The number of ether oxygens (including phenoxy) is 1. The summed E-state index contributed by atoms with van der Waals surface area (Å²) < 4.78 is 5.50. The maximum atomic E-state index is 5.50. The highest BCUT2D eigenvalue weighted by Crippen LogP contribution is 2.15. The molecule has 0 saturated carbocycles. The van der Waals surface area contributed by atoms with Gasteiger partial charge in [0, 0.05) is 24.5 Å². The second-order valence-corrected chi connectivity index (χ2v) is 4.71. The smallest absolute Gasteiger partial charge is 0.0622 e. The Kier molecular flexibility index (Phi) is 6.06. The van der Waals surface area contributed by atoms with Crippen LogP contribution in [0.15, 0.2) is 0 Å². The summed E-state index contributed by atoms with van der Waals surface area (Å²) in [7, 11) is 0. The third kappa shape index (κ3) is 3.52. The summed E-state index contributed by atoms with van der Waals surface area (Å²) in [4.78, 5) is 2.60. The summed E-state index contributed by atoms with van der Waals surface area (Å²) in [6, 6.07) is 0.650. The lowest BCUT2D eigenvalue weighted by Gasteiger charge is -2.36. The second kappa shape index (κ2) is 6.81. The van der Waals surface area contributed by atoms with Gasteiger partial charge >= 0.3 is 0 Å². The minimum Gasteiger partial charge on any atom is -0.378 e. The molecule has 1 saturated heterocycles. The van der Waals surface area contributed by atoms with E-state index in [0.717, 1.165) is 31.0 Å². The highest BCUT2D eigenvalue weighted by Gasteiger charge is 2.22. The molecule has 14 heavy (non-hydrogen) atoms. The lowest BCUT2D eigenvalue weighted by atomic mass is 10.1. The van der Waals surface area contributed by atoms with Crippen molar-refractivity contribution in [2.75, 3.05) is 31.6 Å². The van der Waals surface area contributed by atoms with E-state index in [0.29, 0.717) is 6.04 Å². The molecule has 1 aliphatic rings. The third-order valence-electron chi connectivity index (χ3n) is 3.11. The Labute approximate surface area is 96.1 Å². The maximum absolute atomic E-state index is 5.50. The number of hydrogen-bond donors (Lipinski definition) is 0. The average Bonchev–Trinajstić information content (AvgIpc) is 2.26. The first-order valence-corrected chi connectivity index (χ1v) is 6.81. The van der Waals surface area contributed by atoms with Crippen LogP contribution in [-0.2, 0) is 4.74 Å². The van der Waals surface area contributed by atoms with E-state index in [1.807, 2.05) is 0 Å². The Morgan fingerprint density at radius 3 is 2.86 bits per heavy atom. The molecule has 3 heteroatoms. The van der Waals surface area contributed by atoms with Crippen LogP contribution in [0.25, 0.3) is 0 Å². The van der Waals surface area contributed by atoms with Gasteiger partial charge in [-0.25, -0.2) is 0 Å². The van der Waals surface area contributed by atoms with Gasteiger partial charge in [-0.2, -0.15) is 0 Å². The zero-order valence-electron chi connectivity index (χ0n) is 9.34. The molecule has 2 unspecified atom stereocenters. The van der Waals surface area contributed by atoms with Gasteiger partial charge in [-0.05, 0) is 12.3 Å². The predicted octanol–water partition coefficient (Wildman–Crippen LogP) is 2.52. The van der Waals surface area contributed by atoms with E-state index in [4.69, 9.17) is 4.74 Å². The molecule has 0 amide bonds. The first kappa shape index (κ1) is 12.5. The molecule has 0 aromatic heterocycles. The largest absolute Gasteiger partial charge is 0.378 e. The number of rotatable bonds is 5. The van der Waals surface area contributed by atoms with Crippen molar-refractivity contribution >= 4 is 15.9 Å². The fourth-order valence-corrected chi connectivity index (χ4v) is 2.59. The number of hydrogen-bond acceptors (Lipinski definition) is 2. The first-order valence-electron chi connectivity index (χ1n) is 5.69. The minimum atomic E-state index is 0.650. The van der Waals surface area contributed by atoms with Crippen LogP contribution >= 0.6 is 15.9 Å². The molecule has 1 heterocycles. The van der Waals surface area contributed by atoms with Gasteiger partial charge in [0.05, 0.1) is 13.2 Å². The highest BCUT2D eigenvalue weighted by atomic mass is 79.9. The van der Waals surface area contributed by atoms with Crippen molar-refractivity contribution in [2.24, 2.45) is 5.92 Å². The topological polar surface area (TPSA) is 12.5 Å². The van der Waals surface area contributed by atoms with Gasteiger partial charge in [-0.1, -0.05) is 36.2 Å². The Bertz CT molecular complexity index is 150. The summed E-state index contributed by atoms with van der Waals surface area (Å²) in [5.41, 5.74) is 0. The van der Waals surface area contributed by atoms with Crippen molar-refractivity contribution in [1.29, 1.82) is 0 Å². The van der Waals surface area contributed by atoms with Gasteiger partial charge in [0.15, 0.2) is 0 Å². The highest BCUT2D eigenvalue weighted by molar-refractivity contribution is 9.09. The van der Waals surface area contributed by atoms with Crippen molar-refractivity contribution < 1.29 is 4.74 Å². The van der Waals surface area contributed by atoms with Crippen molar-refractivity contribution in [3.05, 3.63) is 0 Å². The summed E-state index contributed by atoms with van der Waals surface area (Å²) in [6.45, 7) is 8.70. The lowest BCUT2D eigenvalue weighted by Crippen LogP contribution is -2.47. The van der Waals surface area contributed by atoms with Crippen molar-refractivity contribution in [2.45, 2.75) is 32.7 Å². The van der Waals surface area contributed by atoms with Crippen LogP contribution in [-0.4, -0.2) is 42.6 Å². The molecule has 2 atom stereocenters. The molecule has 0 aromatic carbocycles. The molecule has 0 radical (unpaired) electrons. The molecule has 0 spiro atoms. The van der Waals surface area contributed by atoms with Gasteiger partial charge < -0.3 is 4.74 Å². The minimum absolute atomic E-state index is 0.650. The first-order chi connectivity index (χ1) is 6.81. The lowest BCUT2D eigenvalue weighted by molar-refractivity contribution is -0.0142. The standard InChI is InChI=1S/C11H22BrNO/c1-3-10(7-12)8-13-5-6-14-9-11(13)4-2/h10-11H,3-9H2,1-2H3. The van der Waals surface area contributed by atoms with Crippen molar-refractivity contribution in [3.8, 4) is 0 Å². The molecule has 1 aliphatic heterocycles. The molecule has 84 valence electrons. The van der Waals surface area contributed by atoms with E-state index in [1.54, 1.807) is 0 Å². The summed E-state index contributed by atoms with van der Waals surface area (Å²) in [5, 5.41) is 1.12. The number of morpholine rings is 1. The average molecular weight is 264 g/mol. The number of halogens is 1. The molecule has 1 fully saturated rings. The molecule has 2 nitrogen and oxygen atoms in total. The monoisotopic (exact) mass is 263 g/mol. The fraction of sp³-hybridized carbons (Fsp3) is 1.00. The molecule has 1 rings (SSSR count). The molecule has 0 aliphatic carbocycles. The summed E-state index contributed by atoms with van der Waals surface area (Å²) >= 11 is 3.59. The van der Waals surface area contributed by atoms with Gasteiger partial charge in [0.25, 0.3) is 0 Å². The van der Waals surface area contributed by atoms with Gasteiger partial charge in [0.1, 0.15) is 0 Å². The Hall–Kier alpha value is 0.400. The van der Waals surface area contributed by atoms with E-state index < -0.39 is 0 Å². The zero-order chi connectivity index (χ0) is 10.4. The molecular weight excluding hydrogens is 242 g/mol. The quantitative estimate of drug-likeness (QED) is 0.707. The van der Waals surface area contributed by atoms with E-state index in [9.17, 15) is 0 Å². The molecule has 0 N–H and O–H groups in total. The Morgan fingerprint density at radius 1 is 1.50 bits per heavy atom. The van der Waals surface area contributed by atoms with E-state index in [2.05, 4.69) is 34.7 Å². The van der Waals surface area contributed by atoms with Crippen LogP contribution in [0.5, 0.6) is 0 Å².